The quantitative estimate of drug-likeness (QED) is 0.323. The van der Waals surface area contributed by atoms with Gasteiger partial charge in [0.2, 0.25) is 0 Å². The molecule has 0 aliphatic carbocycles. The highest BCUT2D eigenvalue weighted by molar-refractivity contribution is 5.76. The summed E-state index contributed by atoms with van der Waals surface area (Å²) in [4.78, 5) is 14.6. The minimum Gasteiger partial charge on any atom is -0.497 e. The Labute approximate surface area is 145 Å². The van der Waals surface area contributed by atoms with Crippen LogP contribution in [0.3, 0.4) is 0 Å². The Hall–Kier alpha value is -2.48. The van der Waals surface area contributed by atoms with Gasteiger partial charge in [-0.2, -0.15) is 0 Å². The van der Waals surface area contributed by atoms with E-state index in [1.54, 1.807) is 45.2 Å². The second-order valence-electron chi connectivity index (χ2n) is 5.80. The van der Waals surface area contributed by atoms with Gasteiger partial charge in [-0.15, -0.1) is 0 Å². The predicted octanol–water partition coefficient (Wildman–Crippen LogP) is 2.45. The molecule has 2 rings (SSSR count). The highest BCUT2D eigenvalue weighted by Crippen LogP contribution is 2.32. The summed E-state index contributed by atoms with van der Waals surface area (Å²) >= 11 is 0. The molecule has 136 valence electrons. The van der Waals surface area contributed by atoms with Gasteiger partial charge in [-0.05, 0) is 43.6 Å². The maximum Gasteiger partial charge on any atom is 0.317 e. The third-order valence-corrected chi connectivity index (χ3v) is 3.63. The Kier molecular flexibility index (Phi) is 6.08. The van der Waals surface area contributed by atoms with Gasteiger partial charge in [0.1, 0.15) is 30.3 Å². The molecule has 0 saturated carbocycles. The number of esters is 1. The fourth-order valence-corrected chi connectivity index (χ4v) is 2.53. The molecule has 9 heteroatoms. The number of hydrogen-bond donors (Lipinski definition) is 0. The summed E-state index contributed by atoms with van der Waals surface area (Å²) < 4.78 is 27.0. The third-order valence-electron chi connectivity index (χ3n) is 3.63. The second-order valence-corrected chi connectivity index (χ2v) is 5.80. The average Bonchev–Trinajstić information content (AvgIpc) is 2.92. The molecule has 25 heavy (non-hydrogen) atoms. The van der Waals surface area contributed by atoms with Crippen LogP contribution in [0.4, 0.5) is 0 Å². The van der Waals surface area contributed by atoms with Crippen molar-refractivity contribution < 1.29 is 28.5 Å². The summed E-state index contributed by atoms with van der Waals surface area (Å²) in [6.07, 6.45) is -1.44. The van der Waals surface area contributed by atoms with Crippen LogP contribution in [0.1, 0.15) is 13.8 Å². The Bertz CT molecular complexity index is 642. The van der Waals surface area contributed by atoms with E-state index in [0.717, 1.165) is 0 Å². The van der Waals surface area contributed by atoms with Gasteiger partial charge in [-0.1, -0.05) is 5.11 Å². The molecule has 3 atom stereocenters. The number of rotatable bonds is 7. The third kappa shape index (κ3) is 4.76. The van der Waals surface area contributed by atoms with Crippen molar-refractivity contribution in [1.29, 1.82) is 0 Å². The van der Waals surface area contributed by atoms with Crippen LogP contribution in [0.25, 0.3) is 10.4 Å². The number of benzene rings is 1. The van der Waals surface area contributed by atoms with E-state index in [0.29, 0.717) is 11.5 Å². The van der Waals surface area contributed by atoms with E-state index in [1.165, 1.54) is 7.11 Å². The summed E-state index contributed by atoms with van der Waals surface area (Å²) in [5, 5.41) is 3.50. The monoisotopic (exact) mass is 351 g/mol. The number of azide groups is 1. The fourth-order valence-electron chi connectivity index (χ4n) is 2.53. The van der Waals surface area contributed by atoms with Gasteiger partial charge < -0.3 is 23.7 Å². The second kappa shape index (κ2) is 8.06. The molecule has 1 aromatic rings. The van der Waals surface area contributed by atoms with E-state index in [1.807, 2.05) is 0 Å². The Balaban J connectivity index is 2.11. The average molecular weight is 351 g/mol. The SMILES string of the molecule is COC(=O)[C@H](N=[N+]=[N-])[C@@H]1OC(C)(C)O[C@H]1COc1ccc(OC)cc1. The van der Waals surface area contributed by atoms with E-state index < -0.39 is 30.0 Å². The van der Waals surface area contributed by atoms with Gasteiger partial charge in [-0.3, -0.25) is 4.79 Å². The molecular formula is C16H21N3O6. The van der Waals surface area contributed by atoms with E-state index in [9.17, 15) is 4.79 Å². The van der Waals surface area contributed by atoms with Crippen LogP contribution in [0.5, 0.6) is 11.5 Å². The fraction of sp³-hybridized carbons (Fsp3) is 0.562. The number of methoxy groups -OCH3 is 2. The molecule has 1 fully saturated rings. The normalized spacial score (nSPS) is 22.6. The topological polar surface area (TPSA) is 112 Å². The van der Waals surface area contributed by atoms with Crippen LogP contribution < -0.4 is 9.47 Å². The molecule has 0 unspecified atom stereocenters. The molecule has 1 heterocycles. The van der Waals surface area contributed by atoms with Crippen LogP contribution >= 0.6 is 0 Å². The molecule has 0 amide bonds. The largest absolute Gasteiger partial charge is 0.497 e. The zero-order valence-electron chi connectivity index (χ0n) is 14.5. The minimum absolute atomic E-state index is 0.106. The van der Waals surface area contributed by atoms with Crippen molar-refractivity contribution in [2.75, 3.05) is 20.8 Å². The minimum atomic E-state index is -1.17. The first-order chi connectivity index (χ1) is 11.9. The Morgan fingerprint density at radius 2 is 1.92 bits per heavy atom. The predicted molar refractivity (Wildman–Crippen MR) is 87.3 cm³/mol. The highest BCUT2D eigenvalue weighted by atomic mass is 16.8. The van der Waals surface area contributed by atoms with Crippen LogP contribution in [0.15, 0.2) is 29.4 Å². The van der Waals surface area contributed by atoms with Crippen molar-refractivity contribution >= 4 is 5.97 Å². The molecule has 1 aliphatic heterocycles. The summed E-state index contributed by atoms with van der Waals surface area (Å²) in [5.41, 5.74) is 8.73. The Morgan fingerprint density at radius 1 is 1.28 bits per heavy atom. The Morgan fingerprint density at radius 3 is 2.48 bits per heavy atom. The maximum absolute atomic E-state index is 11.9. The number of hydrogen-bond acceptors (Lipinski definition) is 7. The maximum atomic E-state index is 11.9. The number of carbonyl (C=O) groups excluding carboxylic acids is 1. The lowest BCUT2D eigenvalue weighted by Crippen LogP contribution is -2.42. The van der Waals surface area contributed by atoms with Gasteiger partial charge >= 0.3 is 5.97 Å². The van der Waals surface area contributed by atoms with E-state index in [4.69, 9.17) is 24.5 Å². The van der Waals surface area contributed by atoms with Crippen molar-refractivity contribution in [3.05, 3.63) is 34.7 Å². The van der Waals surface area contributed by atoms with Crippen molar-refractivity contribution in [3.8, 4) is 11.5 Å². The molecular weight excluding hydrogens is 330 g/mol. The molecule has 0 bridgehead atoms. The number of ether oxygens (including phenoxy) is 5. The number of nitrogens with zero attached hydrogens (tertiary/aromatic N) is 3. The molecule has 0 aromatic heterocycles. The molecule has 1 aliphatic rings. The highest BCUT2D eigenvalue weighted by Gasteiger charge is 2.48. The lowest BCUT2D eigenvalue weighted by molar-refractivity contribution is -0.157. The standard InChI is InChI=1S/C16H21N3O6/c1-16(2)24-12(9-23-11-7-5-10(21-3)6-8-11)14(25-16)13(18-19-17)15(20)22-4/h5-8,12-14H,9H2,1-4H3/t12-,13+,14+/m0/s1. The van der Waals surface area contributed by atoms with E-state index >= 15 is 0 Å². The van der Waals surface area contributed by atoms with Gasteiger partial charge in [0, 0.05) is 4.91 Å². The van der Waals surface area contributed by atoms with Gasteiger partial charge in [0.25, 0.3) is 0 Å². The van der Waals surface area contributed by atoms with Crippen LogP contribution in [0, 0.1) is 0 Å². The zero-order valence-corrected chi connectivity index (χ0v) is 14.5. The molecule has 9 nitrogen and oxygen atoms in total. The first kappa shape index (κ1) is 18.9. The first-order valence-corrected chi connectivity index (χ1v) is 7.64. The molecule has 1 saturated heterocycles. The lowest BCUT2D eigenvalue weighted by atomic mass is 10.1. The number of carbonyl (C=O) groups is 1. The van der Waals surface area contributed by atoms with Crippen molar-refractivity contribution in [1.82, 2.24) is 0 Å². The first-order valence-electron chi connectivity index (χ1n) is 7.64. The van der Waals surface area contributed by atoms with E-state index in [2.05, 4.69) is 14.8 Å². The van der Waals surface area contributed by atoms with E-state index in [-0.39, 0.29) is 6.61 Å². The van der Waals surface area contributed by atoms with Crippen molar-refractivity contribution in [3.63, 3.8) is 0 Å². The zero-order chi connectivity index (χ0) is 18.4. The summed E-state index contributed by atoms with van der Waals surface area (Å²) in [6, 6.07) is 5.86. The molecule has 0 spiro atoms. The van der Waals surface area contributed by atoms with Crippen molar-refractivity contribution in [2.24, 2.45) is 5.11 Å². The van der Waals surface area contributed by atoms with Gasteiger partial charge in [0.05, 0.1) is 14.2 Å². The van der Waals surface area contributed by atoms with Gasteiger partial charge in [-0.25, -0.2) is 0 Å². The molecule has 1 aromatic carbocycles. The molecule has 0 radical (unpaired) electrons. The molecule has 0 N–H and O–H groups in total. The van der Waals surface area contributed by atoms with Gasteiger partial charge in [0.15, 0.2) is 11.8 Å². The summed E-state index contributed by atoms with van der Waals surface area (Å²) in [5.74, 6) is -0.332. The van der Waals surface area contributed by atoms with Crippen LogP contribution in [0.2, 0.25) is 0 Å². The smallest absolute Gasteiger partial charge is 0.317 e. The summed E-state index contributed by atoms with van der Waals surface area (Å²) in [6.45, 7) is 3.52. The van der Waals surface area contributed by atoms with Crippen LogP contribution in [-0.4, -0.2) is 50.8 Å². The van der Waals surface area contributed by atoms with Crippen molar-refractivity contribution in [2.45, 2.75) is 37.9 Å². The van der Waals surface area contributed by atoms with Crippen LogP contribution in [-0.2, 0) is 19.0 Å². The summed E-state index contributed by atoms with van der Waals surface area (Å²) in [7, 11) is 2.79. The lowest BCUT2D eigenvalue weighted by Gasteiger charge is -2.21.